The lowest BCUT2D eigenvalue weighted by Gasteiger charge is -2.09. The average molecular weight is 259 g/mol. The molecule has 100 valence electrons. The molecule has 19 heavy (non-hydrogen) atoms. The predicted octanol–water partition coefficient (Wildman–Crippen LogP) is 1.19. The third kappa shape index (κ3) is 3.62. The molecule has 0 fully saturated rings. The SMILES string of the molecule is CC(CN)CC(=O)Nc1ccc(-n2cncn2)cc1. The maximum atomic E-state index is 11.7. The highest BCUT2D eigenvalue weighted by atomic mass is 16.1. The topological polar surface area (TPSA) is 85.8 Å². The summed E-state index contributed by atoms with van der Waals surface area (Å²) in [7, 11) is 0. The van der Waals surface area contributed by atoms with Gasteiger partial charge in [-0.1, -0.05) is 6.92 Å². The van der Waals surface area contributed by atoms with E-state index in [2.05, 4.69) is 15.4 Å². The molecule has 3 N–H and O–H groups in total. The van der Waals surface area contributed by atoms with Gasteiger partial charge in [0.05, 0.1) is 5.69 Å². The van der Waals surface area contributed by atoms with E-state index in [0.717, 1.165) is 11.4 Å². The summed E-state index contributed by atoms with van der Waals surface area (Å²) in [6.45, 7) is 2.46. The van der Waals surface area contributed by atoms with Crippen molar-refractivity contribution in [3.63, 3.8) is 0 Å². The zero-order valence-corrected chi connectivity index (χ0v) is 10.8. The molecule has 6 heteroatoms. The van der Waals surface area contributed by atoms with E-state index in [1.54, 1.807) is 11.0 Å². The number of hydrogen-bond acceptors (Lipinski definition) is 4. The van der Waals surface area contributed by atoms with Crippen LogP contribution in [0.15, 0.2) is 36.9 Å². The third-order valence-electron chi connectivity index (χ3n) is 2.77. The van der Waals surface area contributed by atoms with Crippen molar-refractivity contribution in [1.29, 1.82) is 0 Å². The summed E-state index contributed by atoms with van der Waals surface area (Å²) < 4.78 is 1.65. The molecule has 0 aliphatic rings. The molecule has 0 saturated heterocycles. The number of rotatable bonds is 5. The smallest absolute Gasteiger partial charge is 0.224 e. The molecular formula is C13H17N5O. The molecule has 0 radical (unpaired) electrons. The Morgan fingerprint density at radius 2 is 2.16 bits per heavy atom. The van der Waals surface area contributed by atoms with Crippen molar-refractivity contribution in [1.82, 2.24) is 14.8 Å². The lowest BCUT2D eigenvalue weighted by molar-refractivity contribution is -0.116. The van der Waals surface area contributed by atoms with Crippen LogP contribution in [-0.2, 0) is 4.79 Å². The van der Waals surface area contributed by atoms with Crippen LogP contribution in [-0.4, -0.2) is 27.2 Å². The summed E-state index contributed by atoms with van der Waals surface area (Å²) in [5.41, 5.74) is 7.15. The monoisotopic (exact) mass is 259 g/mol. The van der Waals surface area contributed by atoms with Crippen LogP contribution >= 0.6 is 0 Å². The first-order chi connectivity index (χ1) is 9.19. The van der Waals surface area contributed by atoms with Crippen molar-refractivity contribution in [2.75, 3.05) is 11.9 Å². The van der Waals surface area contributed by atoms with E-state index in [-0.39, 0.29) is 11.8 Å². The standard InChI is InChI=1S/C13H17N5O/c1-10(7-14)6-13(19)17-11-2-4-12(5-3-11)18-9-15-8-16-18/h2-5,8-10H,6-7,14H2,1H3,(H,17,19). The molecular weight excluding hydrogens is 242 g/mol. The highest BCUT2D eigenvalue weighted by Gasteiger charge is 2.07. The number of aromatic nitrogens is 3. The molecule has 1 amide bonds. The fourth-order valence-corrected chi connectivity index (χ4v) is 1.65. The van der Waals surface area contributed by atoms with E-state index in [4.69, 9.17) is 5.73 Å². The summed E-state index contributed by atoms with van der Waals surface area (Å²) in [6, 6.07) is 7.41. The van der Waals surface area contributed by atoms with Crippen molar-refractivity contribution in [3.8, 4) is 5.69 Å². The number of amides is 1. The van der Waals surface area contributed by atoms with Gasteiger partial charge in [0.25, 0.3) is 0 Å². The van der Waals surface area contributed by atoms with E-state index in [0.29, 0.717) is 13.0 Å². The molecule has 1 heterocycles. The largest absolute Gasteiger partial charge is 0.330 e. The summed E-state index contributed by atoms with van der Waals surface area (Å²) in [4.78, 5) is 15.6. The molecule has 1 unspecified atom stereocenters. The Balaban J connectivity index is 1.97. The van der Waals surface area contributed by atoms with Crippen molar-refractivity contribution in [3.05, 3.63) is 36.9 Å². The van der Waals surface area contributed by atoms with Crippen LogP contribution in [0.1, 0.15) is 13.3 Å². The number of anilines is 1. The quantitative estimate of drug-likeness (QED) is 0.844. The Morgan fingerprint density at radius 3 is 2.74 bits per heavy atom. The number of nitrogens with two attached hydrogens (primary N) is 1. The van der Waals surface area contributed by atoms with E-state index in [1.165, 1.54) is 6.33 Å². The molecule has 0 bridgehead atoms. The summed E-state index contributed by atoms with van der Waals surface area (Å²) in [5.74, 6) is 0.167. The molecule has 0 aliphatic heterocycles. The van der Waals surface area contributed by atoms with Gasteiger partial charge in [-0.3, -0.25) is 4.79 Å². The van der Waals surface area contributed by atoms with Gasteiger partial charge in [-0.2, -0.15) is 5.10 Å². The fourth-order valence-electron chi connectivity index (χ4n) is 1.65. The van der Waals surface area contributed by atoms with Crippen LogP contribution < -0.4 is 11.1 Å². The first kappa shape index (κ1) is 13.2. The van der Waals surface area contributed by atoms with E-state index < -0.39 is 0 Å². The first-order valence-electron chi connectivity index (χ1n) is 6.14. The fraction of sp³-hybridized carbons (Fsp3) is 0.308. The lowest BCUT2D eigenvalue weighted by atomic mass is 10.1. The summed E-state index contributed by atoms with van der Waals surface area (Å²) in [6.07, 6.45) is 3.53. The number of carbonyl (C=O) groups is 1. The second-order valence-corrected chi connectivity index (χ2v) is 4.48. The minimum Gasteiger partial charge on any atom is -0.330 e. The van der Waals surface area contributed by atoms with Crippen molar-refractivity contribution >= 4 is 11.6 Å². The predicted molar refractivity (Wildman–Crippen MR) is 72.8 cm³/mol. The van der Waals surface area contributed by atoms with Gasteiger partial charge < -0.3 is 11.1 Å². The van der Waals surface area contributed by atoms with Crippen LogP contribution in [0.5, 0.6) is 0 Å². The minimum absolute atomic E-state index is 0.0218. The maximum Gasteiger partial charge on any atom is 0.224 e. The molecule has 1 aromatic carbocycles. The maximum absolute atomic E-state index is 11.7. The highest BCUT2D eigenvalue weighted by molar-refractivity contribution is 5.90. The number of nitrogens with zero attached hydrogens (tertiary/aromatic N) is 3. The molecule has 2 aromatic rings. The Bertz CT molecular complexity index is 520. The minimum atomic E-state index is -0.0218. The second-order valence-electron chi connectivity index (χ2n) is 4.48. The van der Waals surface area contributed by atoms with Crippen LogP contribution in [0.2, 0.25) is 0 Å². The number of nitrogens with one attached hydrogen (secondary N) is 1. The number of carbonyl (C=O) groups excluding carboxylic acids is 1. The average Bonchev–Trinajstić information content (AvgIpc) is 2.93. The van der Waals surface area contributed by atoms with E-state index >= 15 is 0 Å². The molecule has 1 atom stereocenters. The molecule has 1 aromatic heterocycles. The van der Waals surface area contributed by atoms with Gasteiger partial charge in [0.1, 0.15) is 12.7 Å². The van der Waals surface area contributed by atoms with Crippen LogP contribution in [0.4, 0.5) is 5.69 Å². The Kier molecular flexibility index (Phi) is 4.25. The highest BCUT2D eigenvalue weighted by Crippen LogP contribution is 2.13. The van der Waals surface area contributed by atoms with Crippen molar-refractivity contribution in [2.45, 2.75) is 13.3 Å². The molecule has 6 nitrogen and oxygen atoms in total. The number of hydrogen-bond donors (Lipinski definition) is 2. The van der Waals surface area contributed by atoms with Crippen molar-refractivity contribution in [2.24, 2.45) is 11.7 Å². The van der Waals surface area contributed by atoms with Crippen LogP contribution in [0, 0.1) is 5.92 Å². The van der Waals surface area contributed by atoms with Gasteiger partial charge in [-0.25, -0.2) is 9.67 Å². The summed E-state index contributed by atoms with van der Waals surface area (Å²) in [5, 5.41) is 6.87. The van der Waals surface area contributed by atoms with E-state index in [9.17, 15) is 4.79 Å². The second kappa shape index (κ2) is 6.10. The molecule has 2 rings (SSSR count). The van der Waals surface area contributed by atoms with Gasteiger partial charge in [0, 0.05) is 12.1 Å². The van der Waals surface area contributed by atoms with Crippen molar-refractivity contribution < 1.29 is 4.79 Å². The number of benzene rings is 1. The third-order valence-corrected chi connectivity index (χ3v) is 2.77. The summed E-state index contributed by atoms with van der Waals surface area (Å²) >= 11 is 0. The first-order valence-corrected chi connectivity index (χ1v) is 6.14. The Morgan fingerprint density at radius 1 is 1.42 bits per heavy atom. The molecule has 0 aliphatic carbocycles. The van der Waals surface area contributed by atoms with E-state index in [1.807, 2.05) is 31.2 Å². The molecule has 0 saturated carbocycles. The normalized spacial score (nSPS) is 12.1. The zero-order valence-electron chi connectivity index (χ0n) is 10.8. The van der Waals surface area contributed by atoms with Crippen LogP contribution in [0.25, 0.3) is 5.69 Å². The zero-order chi connectivity index (χ0) is 13.7. The Labute approximate surface area is 111 Å². The lowest BCUT2D eigenvalue weighted by Crippen LogP contribution is -2.20. The van der Waals surface area contributed by atoms with Crippen LogP contribution in [0.3, 0.4) is 0 Å². The van der Waals surface area contributed by atoms with Gasteiger partial charge in [0.15, 0.2) is 0 Å². The molecule has 0 spiro atoms. The van der Waals surface area contributed by atoms with Gasteiger partial charge in [-0.15, -0.1) is 0 Å². The Hall–Kier alpha value is -2.21. The van der Waals surface area contributed by atoms with Gasteiger partial charge in [0.2, 0.25) is 5.91 Å². The van der Waals surface area contributed by atoms with Gasteiger partial charge in [-0.05, 0) is 36.7 Å². The van der Waals surface area contributed by atoms with Gasteiger partial charge >= 0.3 is 0 Å².